The maximum Gasteiger partial charge on any atom is 0.224 e. The van der Waals surface area contributed by atoms with Crippen molar-refractivity contribution in [3.63, 3.8) is 0 Å². The Bertz CT molecular complexity index is 546. The highest BCUT2D eigenvalue weighted by molar-refractivity contribution is 9.10. The summed E-state index contributed by atoms with van der Waals surface area (Å²) in [7, 11) is 0. The number of carbonyl (C=O) groups excluding carboxylic acids is 2. The molecule has 3 rings (SSSR count). The molecule has 2 aliphatic heterocycles. The Morgan fingerprint density at radius 1 is 1.45 bits per heavy atom. The fourth-order valence-electron chi connectivity index (χ4n) is 3.17. The van der Waals surface area contributed by atoms with Crippen LogP contribution >= 0.6 is 15.9 Å². The average molecular weight is 337 g/mol. The van der Waals surface area contributed by atoms with Crippen LogP contribution in [-0.4, -0.2) is 42.3 Å². The fraction of sp³-hybridized carbons (Fsp3) is 0.467. The number of ketones is 1. The first kappa shape index (κ1) is 13.8. The molecule has 0 aliphatic carbocycles. The number of nitrogens with zero attached hydrogens (tertiary/aromatic N) is 1. The highest BCUT2D eigenvalue weighted by atomic mass is 79.9. The molecule has 1 aromatic carbocycles. The van der Waals surface area contributed by atoms with Gasteiger partial charge in [0.15, 0.2) is 5.78 Å². The standard InChI is InChI=1S/C15H17BrN2O2/c16-11-4-1-3-10(7-11)14(19)9-18-6-2-5-12-13(18)8-17-15(12)20/h1,3-4,7,12-13H,2,5-6,8-9H2,(H,17,20). The zero-order valence-electron chi connectivity index (χ0n) is 11.1. The molecule has 2 unspecified atom stereocenters. The van der Waals surface area contributed by atoms with Gasteiger partial charge < -0.3 is 5.32 Å². The van der Waals surface area contributed by atoms with Gasteiger partial charge in [0.25, 0.3) is 0 Å². The molecule has 1 aromatic rings. The van der Waals surface area contributed by atoms with Gasteiger partial charge in [0.2, 0.25) is 5.91 Å². The van der Waals surface area contributed by atoms with Crippen molar-refractivity contribution in [2.75, 3.05) is 19.6 Å². The molecular weight excluding hydrogens is 320 g/mol. The predicted molar refractivity (Wildman–Crippen MR) is 79.6 cm³/mol. The van der Waals surface area contributed by atoms with Crippen molar-refractivity contribution in [1.29, 1.82) is 0 Å². The lowest BCUT2D eigenvalue weighted by molar-refractivity contribution is -0.124. The van der Waals surface area contributed by atoms with Crippen LogP contribution in [0.4, 0.5) is 0 Å². The zero-order valence-corrected chi connectivity index (χ0v) is 12.7. The van der Waals surface area contributed by atoms with Crippen LogP contribution in [0.3, 0.4) is 0 Å². The minimum absolute atomic E-state index is 0.0686. The molecule has 5 heteroatoms. The van der Waals surface area contributed by atoms with E-state index in [1.807, 2.05) is 24.3 Å². The monoisotopic (exact) mass is 336 g/mol. The van der Waals surface area contributed by atoms with Crippen molar-refractivity contribution in [2.45, 2.75) is 18.9 Å². The lowest BCUT2D eigenvalue weighted by Gasteiger charge is -2.35. The Morgan fingerprint density at radius 2 is 2.30 bits per heavy atom. The third kappa shape index (κ3) is 2.65. The Labute approximate surface area is 126 Å². The van der Waals surface area contributed by atoms with Crippen LogP contribution in [0.1, 0.15) is 23.2 Å². The van der Waals surface area contributed by atoms with E-state index < -0.39 is 0 Å². The normalized spacial score (nSPS) is 26.1. The number of piperidine rings is 1. The Kier molecular flexibility index (Phi) is 3.89. The molecule has 1 amide bonds. The van der Waals surface area contributed by atoms with E-state index in [0.29, 0.717) is 13.1 Å². The molecule has 0 aromatic heterocycles. The Balaban J connectivity index is 1.71. The van der Waals surface area contributed by atoms with Crippen LogP contribution in [0.15, 0.2) is 28.7 Å². The third-order valence-electron chi connectivity index (χ3n) is 4.21. The summed E-state index contributed by atoms with van der Waals surface area (Å²) in [4.78, 5) is 26.3. The first-order chi connectivity index (χ1) is 9.65. The lowest BCUT2D eigenvalue weighted by Crippen LogP contribution is -2.47. The van der Waals surface area contributed by atoms with Crippen LogP contribution in [-0.2, 0) is 4.79 Å². The molecular formula is C15H17BrN2O2. The van der Waals surface area contributed by atoms with Gasteiger partial charge in [0, 0.05) is 22.6 Å². The van der Waals surface area contributed by atoms with Gasteiger partial charge in [-0.25, -0.2) is 0 Å². The molecule has 2 aliphatic rings. The van der Waals surface area contributed by atoms with E-state index >= 15 is 0 Å². The van der Waals surface area contributed by atoms with Gasteiger partial charge in [0.05, 0.1) is 12.5 Å². The molecule has 2 atom stereocenters. The summed E-state index contributed by atoms with van der Waals surface area (Å²) in [6.45, 7) is 1.97. The van der Waals surface area contributed by atoms with Crippen LogP contribution in [0, 0.1) is 5.92 Å². The molecule has 0 bridgehead atoms. The molecule has 106 valence electrons. The summed E-state index contributed by atoms with van der Waals surface area (Å²) in [5.41, 5.74) is 0.721. The second-order valence-electron chi connectivity index (χ2n) is 5.47. The minimum Gasteiger partial charge on any atom is -0.354 e. The number of halogens is 1. The van der Waals surface area contributed by atoms with Crippen molar-refractivity contribution in [3.05, 3.63) is 34.3 Å². The topological polar surface area (TPSA) is 49.4 Å². The first-order valence-corrected chi connectivity index (χ1v) is 7.75. The summed E-state index contributed by atoms with van der Waals surface area (Å²) in [6, 6.07) is 7.66. The van der Waals surface area contributed by atoms with Gasteiger partial charge >= 0.3 is 0 Å². The summed E-state index contributed by atoms with van der Waals surface area (Å²) >= 11 is 3.39. The van der Waals surface area contributed by atoms with Crippen molar-refractivity contribution in [3.8, 4) is 0 Å². The van der Waals surface area contributed by atoms with E-state index in [4.69, 9.17) is 0 Å². The SMILES string of the molecule is O=C(CN1CCCC2C(=O)NCC21)c1cccc(Br)c1. The second-order valence-corrected chi connectivity index (χ2v) is 6.38. The Hall–Kier alpha value is -1.20. The largest absolute Gasteiger partial charge is 0.354 e. The van der Waals surface area contributed by atoms with E-state index in [2.05, 4.69) is 26.1 Å². The number of carbonyl (C=O) groups is 2. The number of nitrogens with one attached hydrogen (secondary N) is 1. The lowest BCUT2D eigenvalue weighted by atomic mass is 9.91. The maximum atomic E-state index is 12.4. The molecule has 1 N–H and O–H groups in total. The van der Waals surface area contributed by atoms with Gasteiger partial charge in [0.1, 0.15) is 0 Å². The van der Waals surface area contributed by atoms with Gasteiger partial charge in [-0.05, 0) is 31.5 Å². The van der Waals surface area contributed by atoms with Crippen molar-refractivity contribution in [2.24, 2.45) is 5.92 Å². The van der Waals surface area contributed by atoms with Crippen molar-refractivity contribution < 1.29 is 9.59 Å². The summed E-state index contributed by atoms with van der Waals surface area (Å²) in [6.07, 6.45) is 1.93. The maximum absolute atomic E-state index is 12.4. The molecule has 4 nitrogen and oxygen atoms in total. The summed E-state index contributed by atoms with van der Waals surface area (Å²) in [5.74, 6) is 0.333. The number of fused-ring (bicyclic) bond motifs is 1. The van der Waals surface area contributed by atoms with Crippen LogP contribution in [0.5, 0.6) is 0 Å². The van der Waals surface area contributed by atoms with Crippen LogP contribution < -0.4 is 5.32 Å². The van der Waals surface area contributed by atoms with Crippen LogP contribution in [0.2, 0.25) is 0 Å². The van der Waals surface area contributed by atoms with Crippen LogP contribution in [0.25, 0.3) is 0 Å². The summed E-state index contributed by atoms with van der Waals surface area (Å²) in [5, 5.41) is 2.91. The number of hydrogen-bond donors (Lipinski definition) is 1. The molecule has 0 radical (unpaired) electrons. The molecule has 2 fully saturated rings. The molecule has 0 spiro atoms. The average Bonchev–Trinajstić information content (AvgIpc) is 2.82. The van der Waals surface area contributed by atoms with Gasteiger partial charge in [-0.15, -0.1) is 0 Å². The Morgan fingerprint density at radius 3 is 3.10 bits per heavy atom. The van der Waals surface area contributed by atoms with Crippen molar-refractivity contribution in [1.82, 2.24) is 10.2 Å². The van der Waals surface area contributed by atoms with E-state index in [1.54, 1.807) is 0 Å². The highest BCUT2D eigenvalue weighted by Crippen LogP contribution is 2.27. The van der Waals surface area contributed by atoms with E-state index in [1.165, 1.54) is 0 Å². The first-order valence-electron chi connectivity index (χ1n) is 6.95. The molecule has 20 heavy (non-hydrogen) atoms. The fourth-order valence-corrected chi connectivity index (χ4v) is 3.57. The molecule has 2 saturated heterocycles. The number of hydrogen-bond acceptors (Lipinski definition) is 3. The number of likely N-dealkylation sites (tertiary alicyclic amines) is 1. The number of rotatable bonds is 3. The minimum atomic E-state index is 0.0686. The van der Waals surface area contributed by atoms with Gasteiger partial charge in [-0.1, -0.05) is 28.1 Å². The van der Waals surface area contributed by atoms with E-state index in [0.717, 1.165) is 29.4 Å². The number of amides is 1. The van der Waals surface area contributed by atoms with E-state index in [-0.39, 0.29) is 23.7 Å². The second kappa shape index (κ2) is 5.66. The zero-order chi connectivity index (χ0) is 14.1. The highest BCUT2D eigenvalue weighted by Gasteiger charge is 2.41. The third-order valence-corrected chi connectivity index (χ3v) is 4.70. The number of Topliss-reactive ketones (excluding diaryl/α,β-unsaturated/α-hetero) is 1. The van der Waals surface area contributed by atoms with E-state index in [9.17, 15) is 9.59 Å². The molecule has 0 saturated carbocycles. The van der Waals surface area contributed by atoms with Gasteiger partial charge in [-0.2, -0.15) is 0 Å². The quantitative estimate of drug-likeness (QED) is 0.857. The predicted octanol–water partition coefficient (Wildman–Crippen LogP) is 1.84. The number of benzene rings is 1. The molecule has 2 heterocycles. The summed E-state index contributed by atoms with van der Waals surface area (Å²) < 4.78 is 0.914. The van der Waals surface area contributed by atoms with Crippen molar-refractivity contribution >= 4 is 27.6 Å². The van der Waals surface area contributed by atoms with Gasteiger partial charge in [-0.3, -0.25) is 14.5 Å². The smallest absolute Gasteiger partial charge is 0.224 e.